The molecule has 4 heteroatoms. The second-order valence-corrected chi connectivity index (χ2v) is 5.23. The smallest absolute Gasteiger partial charge is 0.199 e. The molecule has 21 heavy (non-hydrogen) atoms. The summed E-state index contributed by atoms with van der Waals surface area (Å²) in [6.45, 7) is 0. The summed E-state index contributed by atoms with van der Waals surface area (Å²) in [5.41, 5.74) is 1.96. The number of hydrogen-bond donors (Lipinski definition) is 0. The summed E-state index contributed by atoms with van der Waals surface area (Å²) in [4.78, 5) is 12.4. The van der Waals surface area contributed by atoms with Crippen LogP contribution in [0.15, 0.2) is 58.2 Å². The Morgan fingerprint density at radius 2 is 1.90 bits per heavy atom. The lowest BCUT2D eigenvalue weighted by Crippen LogP contribution is -2.25. The van der Waals surface area contributed by atoms with Crippen molar-refractivity contribution in [3.63, 3.8) is 0 Å². The van der Waals surface area contributed by atoms with Crippen molar-refractivity contribution in [3.8, 4) is 0 Å². The number of aryl methyl sites for hydroxylation is 1. The number of fused-ring (bicyclic) bond motifs is 1. The van der Waals surface area contributed by atoms with Crippen molar-refractivity contribution in [3.05, 3.63) is 75.4 Å². The maximum atomic E-state index is 12.4. The molecule has 0 unspecified atom stereocenters. The Labute approximate surface area is 126 Å². The highest BCUT2D eigenvalue weighted by atomic mass is 35.5. The van der Waals surface area contributed by atoms with Gasteiger partial charge in [-0.25, -0.2) is 4.57 Å². The Morgan fingerprint density at radius 3 is 2.67 bits per heavy atom. The first-order chi connectivity index (χ1) is 10.1. The second-order valence-electron chi connectivity index (χ2n) is 4.79. The van der Waals surface area contributed by atoms with E-state index in [1.54, 1.807) is 24.3 Å². The average Bonchev–Trinajstić information content (AvgIpc) is 2.49. The Morgan fingerprint density at radius 1 is 1.14 bits per heavy atom. The zero-order valence-electron chi connectivity index (χ0n) is 11.4. The van der Waals surface area contributed by atoms with Gasteiger partial charge in [-0.15, -0.1) is 0 Å². The van der Waals surface area contributed by atoms with Crippen LogP contribution in [-0.2, 0) is 7.05 Å². The van der Waals surface area contributed by atoms with E-state index in [0.29, 0.717) is 21.6 Å². The fraction of sp³-hybridized carbons (Fsp3) is 0.0588. The minimum atomic E-state index is -0.0866. The fourth-order valence-electron chi connectivity index (χ4n) is 2.04. The van der Waals surface area contributed by atoms with Crippen molar-refractivity contribution in [1.29, 1.82) is 0 Å². The molecule has 3 aromatic rings. The van der Waals surface area contributed by atoms with Crippen molar-refractivity contribution >= 4 is 34.7 Å². The molecule has 0 radical (unpaired) electrons. The number of benzene rings is 1. The third-order valence-electron chi connectivity index (χ3n) is 3.22. The highest BCUT2D eigenvalue weighted by Crippen LogP contribution is 2.17. The molecule has 2 aromatic heterocycles. The summed E-state index contributed by atoms with van der Waals surface area (Å²) in [5.74, 6) is 0. The van der Waals surface area contributed by atoms with Gasteiger partial charge in [0, 0.05) is 17.2 Å². The van der Waals surface area contributed by atoms with Crippen molar-refractivity contribution < 1.29 is 8.98 Å². The molecule has 0 spiro atoms. The van der Waals surface area contributed by atoms with Crippen LogP contribution < -0.4 is 10.00 Å². The first kappa shape index (κ1) is 13.6. The Bertz CT molecular complexity index is 879. The lowest BCUT2D eigenvalue weighted by atomic mass is 10.1. The average molecular weight is 299 g/mol. The summed E-state index contributed by atoms with van der Waals surface area (Å²) in [7, 11) is 1.95. The third kappa shape index (κ3) is 2.88. The van der Waals surface area contributed by atoms with E-state index in [1.165, 1.54) is 6.26 Å². The predicted molar refractivity (Wildman–Crippen MR) is 84.0 cm³/mol. The van der Waals surface area contributed by atoms with Crippen LogP contribution in [-0.4, -0.2) is 0 Å². The van der Waals surface area contributed by atoms with E-state index < -0.39 is 0 Å². The van der Waals surface area contributed by atoms with Crippen LogP contribution in [0.3, 0.4) is 0 Å². The molecule has 104 valence electrons. The molecule has 0 saturated carbocycles. The second kappa shape index (κ2) is 5.54. The molecule has 3 nitrogen and oxygen atoms in total. The molecule has 0 aliphatic heterocycles. The molecule has 0 amide bonds. The molecule has 0 saturated heterocycles. The number of halogens is 1. The zero-order valence-corrected chi connectivity index (χ0v) is 12.2. The fourth-order valence-corrected chi connectivity index (χ4v) is 2.22. The number of aromatic nitrogens is 1. The van der Waals surface area contributed by atoms with Crippen molar-refractivity contribution in [2.75, 3.05) is 0 Å². The molecule has 0 bridgehead atoms. The standard InChI is InChI=1S/C17H13ClNO2/c1-19-8-6-12(7-9-19)2-3-13-11-21-16-5-4-14(18)10-15(16)17(13)20/h2-11H,1H3/q+1/b3-2+. The maximum absolute atomic E-state index is 12.4. The monoisotopic (exact) mass is 298 g/mol. The summed E-state index contributed by atoms with van der Waals surface area (Å²) < 4.78 is 7.42. The number of rotatable bonds is 2. The zero-order chi connectivity index (χ0) is 14.8. The predicted octanol–water partition coefficient (Wildman–Crippen LogP) is 3.44. The van der Waals surface area contributed by atoms with Gasteiger partial charge in [-0.3, -0.25) is 4.79 Å². The SMILES string of the molecule is C[n+]1ccc(/C=C/c2coc3ccc(Cl)cc3c2=O)cc1. The Kier molecular flexibility index (Phi) is 3.59. The van der Waals surface area contributed by atoms with Gasteiger partial charge in [0.1, 0.15) is 18.9 Å². The van der Waals surface area contributed by atoms with E-state index >= 15 is 0 Å². The minimum absolute atomic E-state index is 0.0866. The van der Waals surface area contributed by atoms with Gasteiger partial charge < -0.3 is 4.42 Å². The largest absolute Gasteiger partial charge is 0.463 e. The number of nitrogens with zero attached hydrogens (tertiary/aromatic N) is 1. The van der Waals surface area contributed by atoms with Crippen LogP contribution >= 0.6 is 11.6 Å². The minimum Gasteiger partial charge on any atom is -0.463 e. The van der Waals surface area contributed by atoms with Gasteiger partial charge in [0.05, 0.1) is 10.9 Å². The quantitative estimate of drug-likeness (QED) is 0.679. The molecular formula is C17H13ClNO2+. The highest BCUT2D eigenvalue weighted by molar-refractivity contribution is 6.31. The summed E-state index contributed by atoms with van der Waals surface area (Å²) in [6, 6.07) is 8.96. The molecule has 0 fully saturated rings. The number of hydrogen-bond acceptors (Lipinski definition) is 2. The molecule has 1 aromatic carbocycles. The van der Waals surface area contributed by atoms with Gasteiger partial charge in [0.2, 0.25) is 0 Å². The summed E-state index contributed by atoms with van der Waals surface area (Å²) in [6.07, 6.45) is 8.99. The van der Waals surface area contributed by atoms with Crippen LogP contribution in [0.2, 0.25) is 5.02 Å². The Balaban J connectivity index is 2.03. The van der Waals surface area contributed by atoms with Crippen LogP contribution in [0, 0.1) is 0 Å². The van der Waals surface area contributed by atoms with E-state index in [0.717, 1.165) is 5.56 Å². The normalized spacial score (nSPS) is 11.3. The first-order valence-corrected chi connectivity index (χ1v) is 6.86. The van der Waals surface area contributed by atoms with Crippen molar-refractivity contribution in [2.24, 2.45) is 7.05 Å². The summed E-state index contributed by atoms with van der Waals surface area (Å²) >= 11 is 5.93. The van der Waals surface area contributed by atoms with E-state index in [1.807, 2.05) is 42.2 Å². The van der Waals surface area contributed by atoms with Crippen LogP contribution in [0.25, 0.3) is 23.1 Å². The van der Waals surface area contributed by atoms with E-state index in [9.17, 15) is 4.79 Å². The lowest BCUT2D eigenvalue weighted by Gasteiger charge is -1.99. The maximum Gasteiger partial charge on any atom is 0.199 e. The summed E-state index contributed by atoms with van der Waals surface area (Å²) in [5, 5.41) is 1.01. The van der Waals surface area contributed by atoms with E-state index in [2.05, 4.69) is 0 Å². The molecule has 0 aliphatic rings. The van der Waals surface area contributed by atoms with Crippen molar-refractivity contribution in [2.45, 2.75) is 0 Å². The molecular weight excluding hydrogens is 286 g/mol. The first-order valence-electron chi connectivity index (χ1n) is 6.48. The molecule has 3 rings (SSSR count). The molecule has 2 heterocycles. The van der Waals surface area contributed by atoms with Crippen molar-refractivity contribution in [1.82, 2.24) is 0 Å². The molecule has 0 N–H and O–H groups in total. The van der Waals surface area contributed by atoms with Gasteiger partial charge >= 0.3 is 0 Å². The number of pyridine rings is 1. The molecule has 0 atom stereocenters. The van der Waals surface area contributed by atoms with Crippen LogP contribution in [0.1, 0.15) is 11.1 Å². The highest BCUT2D eigenvalue weighted by Gasteiger charge is 2.05. The van der Waals surface area contributed by atoms with E-state index in [4.69, 9.17) is 16.0 Å². The van der Waals surface area contributed by atoms with Crippen LogP contribution in [0.4, 0.5) is 0 Å². The van der Waals surface area contributed by atoms with Crippen LogP contribution in [0.5, 0.6) is 0 Å². The third-order valence-corrected chi connectivity index (χ3v) is 3.46. The molecule has 0 aliphatic carbocycles. The topological polar surface area (TPSA) is 34.1 Å². The van der Waals surface area contributed by atoms with Gasteiger partial charge in [0.15, 0.2) is 17.8 Å². The Hall–Kier alpha value is -2.39. The van der Waals surface area contributed by atoms with Gasteiger partial charge in [-0.2, -0.15) is 0 Å². The van der Waals surface area contributed by atoms with Gasteiger partial charge in [-0.05, 0) is 29.8 Å². The van der Waals surface area contributed by atoms with Gasteiger partial charge in [0.25, 0.3) is 0 Å². The van der Waals surface area contributed by atoms with Gasteiger partial charge in [-0.1, -0.05) is 17.7 Å². The lowest BCUT2D eigenvalue weighted by molar-refractivity contribution is -0.671. The van der Waals surface area contributed by atoms with E-state index in [-0.39, 0.29) is 5.43 Å².